The third kappa shape index (κ3) is 2.81. The molecule has 1 aliphatic carbocycles. The van der Waals surface area contributed by atoms with Crippen LogP contribution in [0.5, 0.6) is 5.75 Å². The molecule has 2 aliphatic rings. The predicted molar refractivity (Wildman–Crippen MR) is 93.2 cm³/mol. The van der Waals surface area contributed by atoms with Gasteiger partial charge in [0.25, 0.3) is 5.91 Å². The minimum Gasteiger partial charge on any atom is -0.490 e. The van der Waals surface area contributed by atoms with Crippen LogP contribution in [0.25, 0.3) is 0 Å². The zero-order chi connectivity index (χ0) is 16.5. The molecule has 24 heavy (non-hydrogen) atoms. The number of rotatable bonds is 3. The van der Waals surface area contributed by atoms with Crippen molar-refractivity contribution >= 4 is 5.91 Å². The number of benzene rings is 1. The van der Waals surface area contributed by atoms with E-state index in [4.69, 9.17) is 4.74 Å². The first-order chi connectivity index (χ1) is 11.7. The van der Waals surface area contributed by atoms with Crippen molar-refractivity contribution in [3.05, 3.63) is 53.9 Å². The fourth-order valence-corrected chi connectivity index (χ4v) is 3.90. The summed E-state index contributed by atoms with van der Waals surface area (Å²) in [6.45, 7) is 3.71. The topological polar surface area (TPSA) is 34.5 Å². The van der Waals surface area contributed by atoms with Crippen LogP contribution in [0.3, 0.4) is 0 Å². The van der Waals surface area contributed by atoms with E-state index in [0.29, 0.717) is 6.10 Å². The molecular formula is C20H24N2O2. The van der Waals surface area contributed by atoms with Gasteiger partial charge in [-0.1, -0.05) is 0 Å². The Morgan fingerprint density at radius 1 is 1.08 bits per heavy atom. The van der Waals surface area contributed by atoms with Gasteiger partial charge in [-0.15, -0.1) is 0 Å². The lowest BCUT2D eigenvalue weighted by atomic mass is 10.1. The average molecular weight is 324 g/mol. The molecule has 1 fully saturated rings. The summed E-state index contributed by atoms with van der Waals surface area (Å²) in [5, 5.41) is 0. The van der Waals surface area contributed by atoms with Gasteiger partial charge < -0.3 is 14.2 Å². The second-order valence-corrected chi connectivity index (χ2v) is 6.85. The van der Waals surface area contributed by atoms with Crippen LogP contribution in [0.1, 0.15) is 54.7 Å². The monoisotopic (exact) mass is 324 g/mol. The predicted octanol–water partition coefficient (Wildman–Crippen LogP) is 4.03. The Bertz CT molecular complexity index is 713. The molecule has 1 amide bonds. The highest BCUT2D eigenvalue weighted by molar-refractivity contribution is 5.94. The van der Waals surface area contributed by atoms with Crippen molar-refractivity contribution in [3.63, 3.8) is 0 Å². The molecule has 0 N–H and O–H groups in total. The molecule has 1 saturated carbocycles. The highest BCUT2D eigenvalue weighted by atomic mass is 16.5. The van der Waals surface area contributed by atoms with Gasteiger partial charge in [-0.3, -0.25) is 4.79 Å². The normalized spacial score (nSPS) is 20.9. The number of ether oxygens (including phenoxy) is 1. The Kier molecular flexibility index (Phi) is 4.05. The maximum Gasteiger partial charge on any atom is 0.254 e. The van der Waals surface area contributed by atoms with Gasteiger partial charge >= 0.3 is 0 Å². The minimum atomic E-state index is 0.0994. The molecule has 4 heteroatoms. The van der Waals surface area contributed by atoms with E-state index in [-0.39, 0.29) is 11.9 Å². The van der Waals surface area contributed by atoms with Crippen molar-refractivity contribution in [2.45, 2.75) is 51.3 Å². The maximum atomic E-state index is 12.9. The van der Waals surface area contributed by atoms with Crippen LogP contribution >= 0.6 is 0 Å². The molecule has 4 rings (SSSR count). The van der Waals surface area contributed by atoms with Gasteiger partial charge in [0.1, 0.15) is 5.75 Å². The number of amides is 1. The van der Waals surface area contributed by atoms with Gasteiger partial charge in [-0.05, 0) is 69.0 Å². The number of aromatic nitrogens is 1. The number of hydrogen-bond acceptors (Lipinski definition) is 2. The summed E-state index contributed by atoms with van der Waals surface area (Å²) in [7, 11) is 0. The summed E-state index contributed by atoms with van der Waals surface area (Å²) < 4.78 is 8.21. The lowest BCUT2D eigenvalue weighted by molar-refractivity contribution is 0.0644. The highest BCUT2D eigenvalue weighted by Crippen LogP contribution is 2.28. The van der Waals surface area contributed by atoms with E-state index in [2.05, 4.69) is 29.8 Å². The lowest BCUT2D eigenvalue weighted by Crippen LogP contribution is -2.40. The second kappa shape index (κ2) is 6.34. The van der Waals surface area contributed by atoms with Crippen molar-refractivity contribution in [2.24, 2.45) is 0 Å². The maximum absolute atomic E-state index is 12.9. The Morgan fingerprint density at radius 3 is 2.58 bits per heavy atom. The summed E-state index contributed by atoms with van der Waals surface area (Å²) in [5.74, 6) is 0.974. The Labute approximate surface area is 143 Å². The molecule has 1 aliphatic heterocycles. The molecule has 1 atom stereocenters. The largest absolute Gasteiger partial charge is 0.490 e. The van der Waals surface area contributed by atoms with E-state index < -0.39 is 0 Å². The minimum absolute atomic E-state index is 0.0994. The number of nitrogens with zero attached hydrogens (tertiary/aromatic N) is 2. The molecule has 1 aromatic heterocycles. The fraction of sp³-hybridized carbons (Fsp3) is 0.450. The van der Waals surface area contributed by atoms with Crippen LogP contribution in [0.15, 0.2) is 42.6 Å². The third-order valence-electron chi connectivity index (χ3n) is 5.31. The fourth-order valence-electron chi connectivity index (χ4n) is 3.90. The summed E-state index contributed by atoms with van der Waals surface area (Å²) >= 11 is 0. The van der Waals surface area contributed by atoms with Crippen LogP contribution in [-0.2, 0) is 6.54 Å². The van der Waals surface area contributed by atoms with Crippen molar-refractivity contribution in [2.75, 3.05) is 6.54 Å². The Balaban J connectivity index is 1.46. The van der Waals surface area contributed by atoms with Crippen LogP contribution < -0.4 is 4.74 Å². The molecule has 0 radical (unpaired) electrons. The molecule has 4 nitrogen and oxygen atoms in total. The molecule has 0 bridgehead atoms. The third-order valence-corrected chi connectivity index (χ3v) is 5.31. The standard InChI is InChI=1S/C20H24N2O2/c1-15-19-7-4-12-21(19)13-14-22(15)20(23)16-8-10-18(11-9-16)24-17-5-2-3-6-17/h4,7-12,15,17H,2-3,5-6,13-14H2,1H3. The molecule has 1 aromatic carbocycles. The molecular weight excluding hydrogens is 300 g/mol. The van der Waals surface area contributed by atoms with Crippen molar-refractivity contribution in [1.82, 2.24) is 9.47 Å². The van der Waals surface area contributed by atoms with E-state index in [0.717, 1.165) is 37.2 Å². The molecule has 2 heterocycles. The van der Waals surface area contributed by atoms with Gasteiger partial charge in [0, 0.05) is 30.5 Å². The Hall–Kier alpha value is -2.23. The Morgan fingerprint density at radius 2 is 1.83 bits per heavy atom. The van der Waals surface area contributed by atoms with Crippen molar-refractivity contribution in [3.8, 4) is 5.75 Å². The first-order valence-corrected chi connectivity index (χ1v) is 8.95. The molecule has 1 unspecified atom stereocenters. The molecule has 0 spiro atoms. The first kappa shape index (κ1) is 15.3. The van der Waals surface area contributed by atoms with Crippen LogP contribution in [0.4, 0.5) is 0 Å². The van der Waals surface area contributed by atoms with E-state index in [9.17, 15) is 4.79 Å². The molecule has 126 valence electrons. The number of fused-ring (bicyclic) bond motifs is 1. The van der Waals surface area contributed by atoms with Crippen LogP contribution in [-0.4, -0.2) is 28.0 Å². The number of hydrogen-bond donors (Lipinski definition) is 0. The summed E-state index contributed by atoms with van der Waals surface area (Å²) in [5.41, 5.74) is 1.94. The van der Waals surface area contributed by atoms with Gasteiger partial charge in [0.2, 0.25) is 0 Å². The van der Waals surface area contributed by atoms with E-state index >= 15 is 0 Å². The van der Waals surface area contributed by atoms with E-state index in [1.54, 1.807) is 0 Å². The summed E-state index contributed by atoms with van der Waals surface area (Å²) in [4.78, 5) is 14.8. The summed E-state index contributed by atoms with van der Waals surface area (Å²) in [6, 6.07) is 11.9. The SMILES string of the molecule is CC1c2cccn2CCN1C(=O)c1ccc(OC2CCCC2)cc1. The van der Waals surface area contributed by atoms with E-state index in [1.807, 2.05) is 29.2 Å². The zero-order valence-electron chi connectivity index (χ0n) is 14.1. The number of carbonyl (C=O) groups is 1. The van der Waals surface area contributed by atoms with Gasteiger partial charge in [0.15, 0.2) is 0 Å². The average Bonchev–Trinajstić information content (AvgIpc) is 3.27. The molecule has 0 saturated heterocycles. The number of carbonyl (C=O) groups excluding carboxylic acids is 1. The lowest BCUT2D eigenvalue weighted by Gasteiger charge is -2.35. The van der Waals surface area contributed by atoms with Gasteiger partial charge in [-0.2, -0.15) is 0 Å². The zero-order valence-corrected chi connectivity index (χ0v) is 14.1. The quantitative estimate of drug-likeness (QED) is 0.854. The van der Waals surface area contributed by atoms with Gasteiger partial charge in [0.05, 0.1) is 12.1 Å². The van der Waals surface area contributed by atoms with E-state index in [1.165, 1.54) is 18.5 Å². The highest BCUT2D eigenvalue weighted by Gasteiger charge is 2.28. The van der Waals surface area contributed by atoms with Crippen LogP contribution in [0, 0.1) is 0 Å². The van der Waals surface area contributed by atoms with Crippen LogP contribution in [0.2, 0.25) is 0 Å². The summed E-state index contributed by atoms with van der Waals surface area (Å²) in [6.07, 6.45) is 7.24. The van der Waals surface area contributed by atoms with Gasteiger partial charge in [-0.25, -0.2) is 0 Å². The first-order valence-electron chi connectivity index (χ1n) is 8.95. The second-order valence-electron chi connectivity index (χ2n) is 6.85. The van der Waals surface area contributed by atoms with Crippen molar-refractivity contribution < 1.29 is 9.53 Å². The molecule has 2 aromatic rings. The smallest absolute Gasteiger partial charge is 0.254 e. The van der Waals surface area contributed by atoms with Crippen molar-refractivity contribution in [1.29, 1.82) is 0 Å².